The quantitative estimate of drug-likeness (QED) is 0.697. The molecule has 0 saturated carbocycles. The highest BCUT2D eigenvalue weighted by atomic mass is 32.2. The van der Waals surface area contributed by atoms with Crippen molar-refractivity contribution in [3.8, 4) is 11.3 Å². The second-order valence-corrected chi connectivity index (χ2v) is 6.29. The minimum atomic E-state index is -3.67. The lowest BCUT2D eigenvalue weighted by atomic mass is 10.1. The van der Waals surface area contributed by atoms with Gasteiger partial charge in [-0.3, -0.25) is 4.28 Å². The van der Waals surface area contributed by atoms with Gasteiger partial charge < -0.3 is 4.42 Å². The molecule has 0 aliphatic rings. The van der Waals surface area contributed by atoms with Gasteiger partial charge in [-0.2, -0.15) is 8.42 Å². The molecule has 0 unspecified atom stereocenters. The van der Waals surface area contributed by atoms with Gasteiger partial charge >= 0.3 is 10.1 Å². The lowest BCUT2D eigenvalue weighted by Gasteiger charge is -2.04. The maximum absolute atomic E-state index is 11.2. The molecule has 0 fully saturated rings. The predicted molar refractivity (Wildman–Crippen MR) is 83.1 cm³/mol. The highest BCUT2D eigenvalue weighted by Crippen LogP contribution is 2.21. The Balaban J connectivity index is 2.25. The molecule has 22 heavy (non-hydrogen) atoms. The molecule has 0 bridgehead atoms. The maximum atomic E-state index is 11.2. The zero-order chi connectivity index (χ0) is 15.6. The van der Waals surface area contributed by atoms with Gasteiger partial charge in [-0.25, -0.2) is 0 Å². The first-order valence-corrected chi connectivity index (χ1v) is 8.35. The molecule has 2 aromatic carbocycles. The molecule has 0 atom stereocenters. The molecule has 0 amide bonds. The molecule has 0 N–H and O–H groups in total. The van der Waals surface area contributed by atoms with Gasteiger partial charge in [0.25, 0.3) is 0 Å². The monoisotopic (exact) mass is 315 g/mol. The van der Waals surface area contributed by atoms with E-state index in [4.69, 9.17) is 4.42 Å². The van der Waals surface area contributed by atoms with Gasteiger partial charge in [-0.15, -0.1) is 0 Å². The van der Waals surface area contributed by atoms with Crippen molar-refractivity contribution in [1.82, 2.24) is 0 Å². The zero-order valence-electron chi connectivity index (χ0n) is 11.8. The minimum Gasteiger partial charge on any atom is -0.456 e. The Labute approximate surface area is 127 Å². The van der Waals surface area contributed by atoms with Crippen molar-refractivity contribution in [2.75, 3.05) is 6.26 Å². The molecule has 1 heterocycles. The number of benzene rings is 2. The first-order valence-electron chi connectivity index (χ1n) is 6.54. The second kappa shape index (κ2) is 5.65. The van der Waals surface area contributed by atoms with Gasteiger partial charge in [0.2, 0.25) is 0 Å². The third-order valence-electron chi connectivity index (χ3n) is 2.98. The Hall–Kier alpha value is -2.60. The van der Waals surface area contributed by atoms with Crippen molar-refractivity contribution in [3.05, 3.63) is 66.0 Å². The summed E-state index contributed by atoms with van der Waals surface area (Å²) in [4.78, 5) is 0. The van der Waals surface area contributed by atoms with E-state index in [0.717, 1.165) is 11.8 Å². The first-order chi connectivity index (χ1) is 10.5. The summed E-state index contributed by atoms with van der Waals surface area (Å²) in [5.74, 6) is 0.579. The smallest absolute Gasteiger partial charge is 0.325 e. The maximum Gasteiger partial charge on any atom is 0.325 e. The summed E-state index contributed by atoms with van der Waals surface area (Å²) in [6, 6.07) is 18.4. The Kier molecular flexibility index (Phi) is 3.68. The molecule has 3 aromatic rings. The van der Waals surface area contributed by atoms with E-state index in [1.165, 1.54) is 0 Å². The second-order valence-electron chi connectivity index (χ2n) is 4.73. The molecule has 0 saturated heterocycles. The number of rotatable bonds is 3. The van der Waals surface area contributed by atoms with Crippen LogP contribution >= 0.6 is 0 Å². The number of hydrogen-bond donors (Lipinski definition) is 0. The van der Waals surface area contributed by atoms with Crippen LogP contribution in [0.15, 0.2) is 70.2 Å². The molecule has 3 rings (SSSR count). The lowest BCUT2D eigenvalue weighted by molar-refractivity contribution is 0.329. The van der Waals surface area contributed by atoms with Crippen molar-refractivity contribution in [3.63, 3.8) is 0 Å². The minimum absolute atomic E-state index is 0.395. The van der Waals surface area contributed by atoms with E-state index in [0.29, 0.717) is 22.1 Å². The van der Waals surface area contributed by atoms with Crippen LogP contribution in [-0.2, 0) is 14.4 Å². The number of para-hydroxylation sites is 1. The summed E-state index contributed by atoms with van der Waals surface area (Å²) in [7, 11) is -3.67. The van der Waals surface area contributed by atoms with Crippen LogP contribution in [0, 0.1) is 0 Å². The Morgan fingerprint density at radius 2 is 1.68 bits per heavy atom. The summed E-state index contributed by atoms with van der Waals surface area (Å²) in [5, 5.41) is 4.81. The zero-order valence-corrected chi connectivity index (χ0v) is 12.6. The molecule has 0 aliphatic heterocycles. The fourth-order valence-corrected chi connectivity index (χ4v) is 2.26. The highest BCUT2D eigenvalue weighted by molar-refractivity contribution is 7.85. The van der Waals surface area contributed by atoms with Crippen molar-refractivity contribution in [2.45, 2.75) is 0 Å². The van der Waals surface area contributed by atoms with Gasteiger partial charge in [-0.05, 0) is 12.1 Å². The topological polar surface area (TPSA) is 68.9 Å². The third kappa shape index (κ3) is 3.17. The molecule has 6 heteroatoms. The summed E-state index contributed by atoms with van der Waals surface area (Å²) in [6.45, 7) is 0. The molecule has 0 spiro atoms. The molecule has 5 nitrogen and oxygen atoms in total. The average molecular weight is 315 g/mol. The van der Waals surface area contributed by atoms with Crippen LogP contribution in [0.5, 0.6) is 0 Å². The van der Waals surface area contributed by atoms with Gasteiger partial charge in [0.1, 0.15) is 16.7 Å². The van der Waals surface area contributed by atoms with Crippen LogP contribution in [0.25, 0.3) is 22.3 Å². The normalized spacial score (nSPS) is 12.5. The van der Waals surface area contributed by atoms with Crippen molar-refractivity contribution in [1.29, 1.82) is 0 Å². The fraction of sp³-hybridized carbons (Fsp3) is 0.0625. The summed E-state index contributed by atoms with van der Waals surface area (Å²) in [6.07, 6.45) is 0.949. The predicted octanol–water partition coefficient (Wildman–Crippen LogP) is 2.89. The fourth-order valence-electron chi connectivity index (χ4n) is 2.05. The van der Waals surface area contributed by atoms with Crippen LogP contribution in [0.2, 0.25) is 0 Å². The first kappa shape index (κ1) is 14.3. The molecule has 1 aromatic heterocycles. The van der Waals surface area contributed by atoms with Crippen molar-refractivity contribution in [2.24, 2.45) is 5.16 Å². The molecular weight excluding hydrogens is 302 g/mol. The van der Waals surface area contributed by atoms with Crippen LogP contribution in [0.1, 0.15) is 0 Å². The lowest BCUT2D eigenvalue weighted by Crippen LogP contribution is -2.07. The summed E-state index contributed by atoms with van der Waals surface area (Å²) < 4.78 is 32.7. The number of fused-ring (bicyclic) bond motifs is 1. The Morgan fingerprint density at radius 1 is 1.00 bits per heavy atom. The van der Waals surface area contributed by atoms with E-state index >= 15 is 0 Å². The van der Waals surface area contributed by atoms with Crippen LogP contribution in [-0.4, -0.2) is 14.7 Å². The Bertz CT molecular complexity index is 976. The SMILES string of the molecule is CS(=O)(=O)O/N=c1\cc(-c2ccccc2)oc2ccccc12. The van der Waals surface area contributed by atoms with Crippen LogP contribution < -0.4 is 5.36 Å². The average Bonchev–Trinajstić information content (AvgIpc) is 2.52. The highest BCUT2D eigenvalue weighted by Gasteiger charge is 2.07. The van der Waals surface area contributed by atoms with Crippen LogP contribution in [0.3, 0.4) is 0 Å². The Morgan fingerprint density at radius 3 is 2.41 bits per heavy atom. The van der Waals surface area contributed by atoms with Crippen molar-refractivity contribution >= 4 is 21.1 Å². The van der Waals surface area contributed by atoms with E-state index in [2.05, 4.69) is 9.44 Å². The van der Waals surface area contributed by atoms with Gasteiger partial charge in [0.15, 0.2) is 0 Å². The molecule has 112 valence electrons. The van der Waals surface area contributed by atoms with E-state index < -0.39 is 10.1 Å². The number of hydrogen-bond acceptors (Lipinski definition) is 5. The molecule has 0 radical (unpaired) electrons. The van der Waals surface area contributed by atoms with E-state index in [9.17, 15) is 8.42 Å². The van der Waals surface area contributed by atoms with Crippen LogP contribution in [0.4, 0.5) is 0 Å². The van der Waals surface area contributed by atoms with Gasteiger partial charge in [0, 0.05) is 17.0 Å². The summed E-state index contributed by atoms with van der Waals surface area (Å²) >= 11 is 0. The molecule has 0 aliphatic carbocycles. The standard InChI is InChI=1S/C16H13NO4S/c1-22(18,19)21-17-14-11-16(12-7-3-2-4-8-12)20-15-10-6-5-9-13(14)15/h2-11H,1H3/b17-14+. The van der Waals surface area contributed by atoms with E-state index in [-0.39, 0.29) is 0 Å². The van der Waals surface area contributed by atoms with Gasteiger partial charge in [-0.1, -0.05) is 47.6 Å². The summed E-state index contributed by atoms with van der Waals surface area (Å²) in [5.41, 5.74) is 1.46. The van der Waals surface area contributed by atoms with E-state index in [1.54, 1.807) is 18.2 Å². The molecular formula is C16H13NO4S. The van der Waals surface area contributed by atoms with Gasteiger partial charge in [0.05, 0.1) is 6.26 Å². The van der Waals surface area contributed by atoms with E-state index in [1.807, 2.05) is 42.5 Å². The third-order valence-corrected chi connectivity index (χ3v) is 3.33. The number of nitrogens with zero attached hydrogens (tertiary/aromatic N) is 1. The largest absolute Gasteiger partial charge is 0.456 e. The van der Waals surface area contributed by atoms with Crippen molar-refractivity contribution < 1.29 is 17.1 Å².